The van der Waals surface area contributed by atoms with Crippen LogP contribution in [-0.4, -0.2) is 27.8 Å². The Labute approximate surface area is 185 Å². The second-order valence-corrected chi connectivity index (χ2v) is 8.45. The molecule has 3 aromatic rings. The predicted molar refractivity (Wildman–Crippen MR) is 121 cm³/mol. The van der Waals surface area contributed by atoms with Crippen molar-refractivity contribution in [3.8, 4) is 5.75 Å². The Morgan fingerprint density at radius 1 is 0.935 bits per heavy atom. The molecule has 2 heterocycles. The molecule has 156 valence electrons. The van der Waals surface area contributed by atoms with Crippen molar-refractivity contribution in [3.63, 3.8) is 0 Å². The van der Waals surface area contributed by atoms with E-state index in [1.807, 2.05) is 74.5 Å². The van der Waals surface area contributed by atoms with Gasteiger partial charge < -0.3 is 4.74 Å². The van der Waals surface area contributed by atoms with Crippen LogP contribution >= 0.6 is 11.8 Å². The lowest BCUT2D eigenvalue weighted by Gasteiger charge is -2.15. The number of pyridine rings is 1. The molecule has 4 rings (SSSR count). The summed E-state index contributed by atoms with van der Waals surface area (Å²) < 4.78 is 5.71. The third-order valence-corrected chi connectivity index (χ3v) is 5.76. The number of benzene rings is 2. The molecule has 0 N–H and O–H groups in total. The predicted octanol–water partition coefficient (Wildman–Crippen LogP) is 4.94. The number of hydrogen-bond donors (Lipinski definition) is 0. The molecular formula is C25H22N2O3S. The lowest BCUT2D eigenvalue weighted by atomic mass is 10.1. The minimum atomic E-state index is -0.301. The first kappa shape index (κ1) is 20.9. The smallest absolute Gasteiger partial charge is 0.268 e. The highest BCUT2D eigenvalue weighted by Gasteiger charge is 2.39. The first-order valence-electron chi connectivity index (χ1n) is 10.0. The summed E-state index contributed by atoms with van der Waals surface area (Å²) in [5, 5.41) is 0. The first-order chi connectivity index (χ1) is 15.0. The van der Waals surface area contributed by atoms with Gasteiger partial charge in [0.05, 0.1) is 23.1 Å². The number of carbonyl (C=O) groups is 2. The fraction of sp³-hybridized carbons (Fsp3) is 0.160. The number of nitrogens with zero attached hydrogens (tertiary/aromatic N) is 2. The van der Waals surface area contributed by atoms with Crippen LogP contribution in [0.1, 0.15) is 25.0 Å². The van der Waals surface area contributed by atoms with E-state index in [2.05, 4.69) is 4.98 Å². The highest BCUT2D eigenvalue weighted by molar-refractivity contribution is 8.04. The summed E-state index contributed by atoms with van der Waals surface area (Å²) in [5.74, 6) is 0.130. The van der Waals surface area contributed by atoms with E-state index in [1.165, 1.54) is 16.7 Å². The van der Waals surface area contributed by atoms with Gasteiger partial charge >= 0.3 is 0 Å². The number of ether oxygens (including phenoxy) is 1. The summed E-state index contributed by atoms with van der Waals surface area (Å²) in [6, 6.07) is 20.6. The van der Waals surface area contributed by atoms with E-state index < -0.39 is 0 Å². The molecule has 0 atom stereocenters. The zero-order chi connectivity index (χ0) is 21.8. The van der Waals surface area contributed by atoms with E-state index in [0.717, 1.165) is 16.2 Å². The fourth-order valence-electron chi connectivity index (χ4n) is 3.30. The molecule has 0 spiro atoms. The van der Waals surface area contributed by atoms with Crippen LogP contribution in [0.3, 0.4) is 0 Å². The number of imide groups is 1. The second-order valence-electron chi connectivity index (χ2n) is 7.37. The van der Waals surface area contributed by atoms with Crippen molar-refractivity contribution in [3.05, 3.63) is 95.2 Å². The van der Waals surface area contributed by atoms with Gasteiger partial charge in [-0.2, -0.15) is 0 Å². The molecule has 0 bridgehead atoms. The van der Waals surface area contributed by atoms with Gasteiger partial charge in [-0.05, 0) is 55.3 Å². The molecule has 2 amide bonds. The third kappa shape index (κ3) is 4.70. The van der Waals surface area contributed by atoms with Crippen molar-refractivity contribution < 1.29 is 14.3 Å². The van der Waals surface area contributed by atoms with Crippen LogP contribution in [-0.2, 0) is 16.1 Å². The SMILES string of the molecule is CC(C)Oc1ccc(C2=C(Sc3ccccc3)C(=O)N(Cc3cccnc3)C2=O)cc1. The summed E-state index contributed by atoms with van der Waals surface area (Å²) in [4.78, 5) is 33.4. The number of carbonyl (C=O) groups excluding carboxylic acids is 2. The maximum absolute atomic E-state index is 13.4. The molecule has 0 aliphatic carbocycles. The van der Waals surface area contributed by atoms with Gasteiger partial charge in [-0.25, -0.2) is 0 Å². The van der Waals surface area contributed by atoms with Crippen LogP contribution < -0.4 is 4.74 Å². The van der Waals surface area contributed by atoms with E-state index in [0.29, 0.717) is 16.0 Å². The van der Waals surface area contributed by atoms with Crippen molar-refractivity contribution in [1.29, 1.82) is 0 Å². The number of rotatable bonds is 7. The maximum Gasteiger partial charge on any atom is 0.268 e. The van der Waals surface area contributed by atoms with Gasteiger partial charge in [0.1, 0.15) is 5.75 Å². The monoisotopic (exact) mass is 430 g/mol. The van der Waals surface area contributed by atoms with E-state index >= 15 is 0 Å². The summed E-state index contributed by atoms with van der Waals surface area (Å²) in [6.07, 6.45) is 3.39. The van der Waals surface area contributed by atoms with Gasteiger partial charge in [-0.3, -0.25) is 19.5 Å². The second kappa shape index (κ2) is 9.18. The van der Waals surface area contributed by atoms with E-state index in [1.54, 1.807) is 18.5 Å². The molecular weight excluding hydrogens is 408 g/mol. The normalized spacial score (nSPS) is 14.0. The average molecular weight is 431 g/mol. The van der Waals surface area contributed by atoms with E-state index in [4.69, 9.17) is 4.74 Å². The molecule has 0 unspecified atom stereocenters. The van der Waals surface area contributed by atoms with Crippen LogP contribution in [0.25, 0.3) is 5.57 Å². The summed E-state index contributed by atoms with van der Waals surface area (Å²) in [6.45, 7) is 4.10. The lowest BCUT2D eigenvalue weighted by molar-refractivity contribution is -0.137. The maximum atomic E-state index is 13.4. The van der Waals surface area contributed by atoms with Crippen molar-refractivity contribution in [2.75, 3.05) is 0 Å². The Hall–Kier alpha value is -3.38. The third-order valence-electron chi connectivity index (χ3n) is 4.67. The van der Waals surface area contributed by atoms with Crippen molar-refractivity contribution in [2.45, 2.75) is 31.4 Å². The molecule has 0 fully saturated rings. The molecule has 31 heavy (non-hydrogen) atoms. The Morgan fingerprint density at radius 3 is 2.32 bits per heavy atom. The zero-order valence-corrected chi connectivity index (χ0v) is 18.1. The topological polar surface area (TPSA) is 59.5 Å². The van der Waals surface area contributed by atoms with Crippen molar-refractivity contribution in [2.24, 2.45) is 0 Å². The number of thioether (sulfide) groups is 1. The van der Waals surface area contributed by atoms with Crippen LogP contribution in [0.2, 0.25) is 0 Å². The Balaban J connectivity index is 1.70. The Kier molecular flexibility index (Phi) is 6.18. The zero-order valence-electron chi connectivity index (χ0n) is 17.3. The molecule has 0 saturated heterocycles. The molecule has 1 aliphatic rings. The molecule has 2 aromatic carbocycles. The van der Waals surface area contributed by atoms with Crippen molar-refractivity contribution >= 4 is 29.1 Å². The largest absolute Gasteiger partial charge is 0.491 e. The summed E-state index contributed by atoms with van der Waals surface area (Å²) in [7, 11) is 0. The molecule has 0 radical (unpaired) electrons. The Bertz CT molecular complexity index is 1110. The van der Waals surface area contributed by atoms with E-state index in [-0.39, 0.29) is 24.5 Å². The van der Waals surface area contributed by atoms with Crippen molar-refractivity contribution in [1.82, 2.24) is 9.88 Å². The molecule has 5 nitrogen and oxygen atoms in total. The Morgan fingerprint density at radius 2 is 1.68 bits per heavy atom. The van der Waals surface area contributed by atoms with Gasteiger partial charge in [0.25, 0.3) is 11.8 Å². The number of aromatic nitrogens is 1. The highest BCUT2D eigenvalue weighted by Crippen LogP contribution is 2.40. The minimum absolute atomic E-state index is 0.0546. The summed E-state index contributed by atoms with van der Waals surface area (Å²) in [5.41, 5.74) is 1.91. The average Bonchev–Trinajstić information content (AvgIpc) is 3.00. The summed E-state index contributed by atoms with van der Waals surface area (Å²) >= 11 is 1.32. The van der Waals surface area contributed by atoms with Gasteiger partial charge in [-0.1, -0.05) is 48.2 Å². The number of amides is 2. The fourth-order valence-corrected chi connectivity index (χ4v) is 4.33. The first-order valence-corrected chi connectivity index (χ1v) is 10.8. The standard InChI is InChI=1S/C25H22N2O3S/c1-17(2)30-20-12-10-19(11-13-20)22-23(31-21-8-4-3-5-9-21)25(29)27(24(22)28)16-18-7-6-14-26-15-18/h3-15,17H,16H2,1-2H3. The van der Waals surface area contributed by atoms with Gasteiger partial charge in [0, 0.05) is 17.3 Å². The quantitative estimate of drug-likeness (QED) is 0.497. The van der Waals surface area contributed by atoms with Crippen LogP contribution in [0, 0.1) is 0 Å². The van der Waals surface area contributed by atoms with Crippen LogP contribution in [0.5, 0.6) is 5.75 Å². The highest BCUT2D eigenvalue weighted by atomic mass is 32.2. The van der Waals surface area contributed by atoms with E-state index in [9.17, 15) is 9.59 Å². The van der Waals surface area contributed by atoms with Crippen LogP contribution in [0.4, 0.5) is 0 Å². The molecule has 6 heteroatoms. The lowest BCUT2D eigenvalue weighted by Crippen LogP contribution is -2.30. The van der Waals surface area contributed by atoms with Crippen LogP contribution in [0.15, 0.2) is 88.9 Å². The number of hydrogen-bond acceptors (Lipinski definition) is 5. The molecule has 1 aliphatic heterocycles. The van der Waals surface area contributed by atoms with Gasteiger partial charge in [0.2, 0.25) is 0 Å². The minimum Gasteiger partial charge on any atom is -0.491 e. The van der Waals surface area contributed by atoms with Gasteiger partial charge in [0.15, 0.2) is 0 Å². The van der Waals surface area contributed by atoms with Gasteiger partial charge in [-0.15, -0.1) is 0 Å². The molecule has 0 saturated carbocycles. The molecule has 1 aromatic heterocycles.